The molecular formula is C75H126O6. The summed E-state index contributed by atoms with van der Waals surface area (Å²) >= 11 is 0. The molecule has 0 amide bonds. The lowest BCUT2D eigenvalue weighted by Gasteiger charge is -2.18. The number of allylic oxidation sites excluding steroid dienone is 20. The summed E-state index contributed by atoms with van der Waals surface area (Å²) in [6, 6.07) is 0. The van der Waals surface area contributed by atoms with E-state index in [-0.39, 0.29) is 31.1 Å². The highest BCUT2D eigenvalue weighted by Crippen LogP contribution is 2.17. The first-order valence-corrected chi connectivity index (χ1v) is 34.0. The minimum atomic E-state index is -0.790. The summed E-state index contributed by atoms with van der Waals surface area (Å²) in [6.45, 7) is 6.41. The summed E-state index contributed by atoms with van der Waals surface area (Å²) in [5.41, 5.74) is 0. The lowest BCUT2D eigenvalue weighted by molar-refractivity contribution is -0.167. The first kappa shape index (κ1) is 76.8. The highest BCUT2D eigenvalue weighted by molar-refractivity contribution is 5.71. The van der Waals surface area contributed by atoms with E-state index in [1.165, 1.54) is 141 Å². The molecule has 6 nitrogen and oxygen atoms in total. The van der Waals surface area contributed by atoms with Gasteiger partial charge in [-0.1, -0.05) is 309 Å². The second kappa shape index (κ2) is 68.3. The van der Waals surface area contributed by atoms with Crippen molar-refractivity contribution in [1.29, 1.82) is 0 Å². The van der Waals surface area contributed by atoms with Gasteiger partial charge in [-0.3, -0.25) is 14.4 Å². The highest BCUT2D eigenvalue weighted by Gasteiger charge is 2.19. The molecular weight excluding hydrogens is 997 g/mol. The molecule has 0 aliphatic rings. The zero-order valence-corrected chi connectivity index (χ0v) is 53.0. The predicted molar refractivity (Wildman–Crippen MR) is 353 cm³/mol. The number of ether oxygens (including phenoxy) is 3. The maximum atomic E-state index is 12.9. The third-order valence-corrected chi connectivity index (χ3v) is 14.5. The Morgan fingerprint density at radius 2 is 0.481 bits per heavy atom. The minimum absolute atomic E-state index is 0.0853. The third kappa shape index (κ3) is 66.5. The Balaban J connectivity index is 4.15. The number of hydrogen-bond donors (Lipinski definition) is 0. The molecule has 6 heteroatoms. The SMILES string of the molecule is CC/C=C\C/C=C\C/C=C\C/C=C\C/C=C\C/C=C\CCCCCCCCCCCCCCCCCCC(=O)OCC(COC(=O)CCCCCCCCCCCCC)OC(=O)CCCCCC/C=C\C/C=C\C/C=C\C/C=C\CC. The van der Waals surface area contributed by atoms with Crippen LogP contribution in [-0.2, 0) is 28.6 Å². The molecule has 81 heavy (non-hydrogen) atoms. The largest absolute Gasteiger partial charge is 0.462 e. The van der Waals surface area contributed by atoms with Gasteiger partial charge in [-0.05, 0) is 109 Å². The van der Waals surface area contributed by atoms with E-state index in [4.69, 9.17) is 14.2 Å². The van der Waals surface area contributed by atoms with Crippen LogP contribution in [0.1, 0.15) is 316 Å². The summed E-state index contributed by atoms with van der Waals surface area (Å²) in [7, 11) is 0. The van der Waals surface area contributed by atoms with E-state index in [1.807, 2.05) is 0 Å². The number of unbranched alkanes of at least 4 members (excludes halogenated alkanes) is 30. The van der Waals surface area contributed by atoms with Crippen LogP contribution in [0, 0.1) is 0 Å². The Labute approximate surface area is 501 Å². The van der Waals surface area contributed by atoms with Crippen molar-refractivity contribution >= 4 is 17.9 Å². The van der Waals surface area contributed by atoms with E-state index in [9.17, 15) is 14.4 Å². The number of esters is 3. The van der Waals surface area contributed by atoms with E-state index in [2.05, 4.69) is 142 Å². The van der Waals surface area contributed by atoms with Crippen LogP contribution >= 0.6 is 0 Å². The molecule has 0 aromatic carbocycles. The molecule has 0 rings (SSSR count). The van der Waals surface area contributed by atoms with Crippen LogP contribution in [-0.4, -0.2) is 37.2 Å². The smallest absolute Gasteiger partial charge is 0.306 e. The molecule has 0 N–H and O–H groups in total. The Morgan fingerprint density at radius 1 is 0.259 bits per heavy atom. The molecule has 0 fully saturated rings. The van der Waals surface area contributed by atoms with E-state index in [0.29, 0.717) is 19.3 Å². The van der Waals surface area contributed by atoms with Crippen LogP contribution < -0.4 is 0 Å². The van der Waals surface area contributed by atoms with Gasteiger partial charge in [-0.15, -0.1) is 0 Å². The van der Waals surface area contributed by atoms with Gasteiger partial charge < -0.3 is 14.2 Å². The molecule has 0 aliphatic carbocycles. The number of carbonyl (C=O) groups is 3. The topological polar surface area (TPSA) is 78.9 Å². The summed E-state index contributed by atoms with van der Waals surface area (Å²) < 4.78 is 16.9. The zero-order chi connectivity index (χ0) is 58.5. The predicted octanol–water partition coefficient (Wildman–Crippen LogP) is 23.6. The van der Waals surface area contributed by atoms with Gasteiger partial charge in [0.15, 0.2) is 6.10 Å². The number of hydrogen-bond acceptors (Lipinski definition) is 6. The first-order valence-electron chi connectivity index (χ1n) is 34.0. The molecule has 462 valence electrons. The van der Waals surface area contributed by atoms with Crippen molar-refractivity contribution in [1.82, 2.24) is 0 Å². The first-order chi connectivity index (χ1) is 40.0. The summed E-state index contributed by atoms with van der Waals surface area (Å²) in [5, 5.41) is 0. The Bertz CT molecular complexity index is 1670. The van der Waals surface area contributed by atoms with Crippen molar-refractivity contribution in [3.63, 3.8) is 0 Å². The van der Waals surface area contributed by atoms with Gasteiger partial charge in [-0.2, -0.15) is 0 Å². The molecule has 0 saturated carbocycles. The lowest BCUT2D eigenvalue weighted by Crippen LogP contribution is -2.30. The molecule has 0 saturated heterocycles. The van der Waals surface area contributed by atoms with Crippen molar-refractivity contribution < 1.29 is 28.6 Å². The van der Waals surface area contributed by atoms with Crippen molar-refractivity contribution in [3.8, 4) is 0 Å². The summed E-state index contributed by atoms with van der Waals surface area (Å²) in [4.78, 5) is 38.3. The van der Waals surface area contributed by atoms with Gasteiger partial charge >= 0.3 is 17.9 Å². The molecule has 1 atom stereocenters. The lowest BCUT2D eigenvalue weighted by atomic mass is 10.0. The fourth-order valence-electron chi connectivity index (χ4n) is 9.44. The van der Waals surface area contributed by atoms with Crippen LogP contribution in [0.3, 0.4) is 0 Å². The summed E-state index contributed by atoms with van der Waals surface area (Å²) in [6.07, 6.45) is 95.2. The average Bonchev–Trinajstić information content (AvgIpc) is 3.47. The second-order valence-corrected chi connectivity index (χ2v) is 22.3. The molecule has 0 aromatic rings. The normalized spacial score (nSPS) is 12.9. The number of rotatable bonds is 61. The Hall–Kier alpha value is -4.19. The van der Waals surface area contributed by atoms with Crippen LogP contribution in [0.5, 0.6) is 0 Å². The molecule has 0 heterocycles. The monoisotopic (exact) mass is 1120 g/mol. The van der Waals surface area contributed by atoms with E-state index >= 15 is 0 Å². The quantitative estimate of drug-likeness (QED) is 0.0261. The van der Waals surface area contributed by atoms with Gasteiger partial charge in [0, 0.05) is 19.3 Å². The van der Waals surface area contributed by atoms with Crippen molar-refractivity contribution in [2.24, 2.45) is 0 Å². The van der Waals surface area contributed by atoms with Gasteiger partial charge in [0.05, 0.1) is 0 Å². The van der Waals surface area contributed by atoms with Crippen molar-refractivity contribution in [2.45, 2.75) is 322 Å². The second-order valence-electron chi connectivity index (χ2n) is 22.3. The van der Waals surface area contributed by atoms with Crippen molar-refractivity contribution in [3.05, 3.63) is 122 Å². The third-order valence-electron chi connectivity index (χ3n) is 14.5. The maximum absolute atomic E-state index is 12.9. The van der Waals surface area contributed by atoms with Crippen molar-refractivity contribution in [2.75, 3.05) is 13.2 Å². The van der Waals surface area contributed by atoms with E-state index in [0.717, 1.165) is 135 Å². The maximum Gasteiger partial charge on any atom is 0.306 e. The highest BCUT2D eigenvalue weighted by atomic mass is 16.6. The molecule has 1 unspecified atom stereocenters. The van der Waals surface area contributed by atoms with Gasteiger partial charge in [0.2, 0.25) is 0 Å². The van der Waals surface area contributed by atoms with Gasteiger partial charge in [-0.25, -0.2) is 0 Å². The standard InChI is InChI=1S/C75H126O6/c1-4-7-10-13-16-19-22-24-26-28-29-30-31-32-33-34-35-36-37-38-39-40-41-42-43-44-45-47-48-50-53-56-59-62-65-68-74(77)80-71-72(70-79-73(76)67-64-61-58-55-52-21-18-15-12-9-6-3)81-75(78)69-66-63-60-57-54-51-49-46-27-25-23-20-17-14-11-8-5-2/h7-8,10-11,16-17,19-20,24-27,29-30,32-33,35-36,49,51,72H,4-6,9,12-15,18,21-23,28,31,34,37-48,50,52-71H2,1-3H3/b10-7-,11-8-,19-16-,20-17-,26-24-,27-25-,30-29-,33-32-,36-35-,51-49-. The molecule has 0 aromatic heterocycles. The van der Waals surface area contributed by atoms with Gasteiger partial charge in [0.25, 0.3) is 0 Å². The molecule has 0 radical (unpaired) electrons. The van der Waals surface area contributed by atoms with Gasteiger partial charge in [0.1, 0.15) is 13.2 Å². The van der Waals surface area contributed by atoms with Crippen LogP contribution in [0.2, 0.25) is 0 Å². The average molecular weight is 1120 g/mol. The fourth-order valence-corrected chi connectivity index (χ4v) is 9.44. The fraction of sp³-hybridized carbons (Fsp3) is 0.693. The molecule has 0 bridgehead atoms. The molecule has 0 aliphatic heterocycles. The van der Waals surface area contributed by atoms with Crippen LogP contribution in [0.4, 0.5) is 0 Å². The summed E-state index contributed by atoms with van der Waals surface area (Å²) in [5.74, 6) is -0.901. The minimum Gasteiger partial charge on any atom is -0.462 e. The van der Waals surface area contributed by atoms with Crippen LogP contribution in [0.15, 0.2) is 122 Å². The van der Waals surface area contributed by atoms with E-state index < -0.39 is 6.10 Å². The Morgan fingerprint density at radius 3 is 0.753 bits per heavy atom. The number of carbonyl (C=O) groups excluding carboxylic acids is 3. The zero-order valence-electron chi connectivity index (χ0n) is 53.0. The van der Waals surface area contributed by atoms with E-state index in [1.54, 1.807) is 0 Å². The van der Waals surface area contributed by atoms with Crippen LogP contribution in [0.25, 0.3) is 0 Å². The molecule has 0 spiro atoms. The Kier molecular flexibility index (Phi) is 64.8.